The molecule has 0 bridgehead atoms. The van der Waals surface area contributed by atoms with Crippen molar-refractivity contribution in [1.82, 2.24) is 5.32 Å². The zero-order chi connectivity index (χ0) is 15.6. The molecule has 1 aromatic rings. The highest BCUT2D eigenvalue weighted by molar-refractivity contribution is 5.95. The minimum absolute atomic E-state index is 0.325. The van der Waals surface area contributed by atoms with Gasteiger partial charge in [-0.2, -0.15) is 0 Å². The average Bonchev–Trinajstić information content (AvgIpc) is 2.78. The van der Waals surface area contributed by atoms with Crippen LogP contribution in [0.25, 0.3) is 0 Å². The van der Waals surface area contributed by atoms with E-state index in [9.17, 15) is 13.6 Å². The predicted molar refractivity (Wildman–Crippen MR) is 80.0 cm³/mol. The van der Waals surface area contributed by atoms with Gasteiger partial charge in [0, 0.05) is 30.9 Å². The molecule has 1 unspecified atom stereocenters. The predicted octanol–water partition coefficient (Wildman–Crippen LogP) is 2.47. The van der Waals surface area contributed by atoms with Gasteiger partial charge >= 0.3 is 0 Å². The summed E-state index contributed by atoms with van der Waals surface area (Å²) in [6, 6.07) is 6.85. The third-order valence-corrected chi connectivity index (χ3v) is 3.72. The molecule has 6 heteroatoms. The Bertz CT molecular complexity index is 519. The summed E-state index contributed by atoms with van der Waals surface area (Å²) >= 11 is 0. The fourth-order valence-electron chi connectivity index (χ4n) is 2.23. The van der Waals surface area contributed by atoms with Gasteiger partial charge in [-0.25, -0.2) is 8.78 Å². The number of halogens is 2. The van der Waals surface area contributed by atoms with Crippen LogP contribution in [0.3, 0.4) is 0 Å². The van der Waals surface area contributed by atoms with Crippen molar-refractivity contribution < 1.29 is 13.6 Å². The van der Waals surface area contributed by atoms with E-state index in [0.717, 1.165) is 5.69 Å². The Morgan fingerprint density at radius 1 is 1.48 bits per heavy atom. The second-order valence-corrected chi connectivity index (χ2v) is 5.74. The van der Waals surface area contributed by atoms with Crippen molar-refractivity contribution in [3.05, 3.63) is 24.3 Å². The third-order valence-electron chi connectivity index (χ3n) is 3.72. The van der Waals surface area contributed by atoms with Crippen LogP contribution in [-0.4, -0.2) is 37.5 Å². The Labute approximate surface area is 123 Å². The monoisotopic (exact) mass is 297 g/mol. The van der Waals surface area contributed by atoms with Crippen LogP contribution >= 0.6 is 0 Å². The molecule has 21 heavy (non-hydrogen) atoms. The third kappa shape index (κ3) is 3.91. The first-order valence-corrected chi connectivity index (χ1v) is 7.03. The van der Waals surface area contributed by atoms with Gasteiger partial charge < -0.3 is 10.2 Å². The minimum atomic E-state index is -2.80. The highest BCUT2D eigenvalue weighted by Gasteiger charge is 2.42. The van der Waals surface area contributed by atoms with E-state index >= 15 is 0 Å². The Morgan fingerprint density at radius 2 is 2.19 bits per heavy atom. The number of rotatable bonds is 4. The largest absolute Gasteiger partial charge is 0.372 e. The number of hydrogen-bond acceptors (Lipinski definition) is 3. The van der Waals surface area contributed by atoms with Crippen molar-refractivity contribution in [3.8, 4) is 0 Å². The summed E-state index contributed by atoms with van der Waals surface area (Å²) in [5, 5.41) is 5.24. The summed E-state index contributed by atoms with van der Waals surface area (Å²) in [6.45, 7) is 3.69. The van der Waals surface area contributed by atoms with Gasteiger partial charge in [0.2, 0.25) is 5.91 Å². The Morgan fingerprint density at radius 3 is 2.76 bits per heavy atom. The summed E-state index contributed by atoms with van der Waals surface area (Å²) in [4.78, 5) is 14.1. The molecule has 1 heterocycles. The van der Waals surface area contributed by atoms with Gasteiger partial charge in [0.15, 0.2) is 0 Å². The van der Waals surface area contributed by atoms with Gasteiger partial charge in [-0.05, 0) is 32.0 Å². The van der Waals surface area contributed by atoms with E-state index in [1.807, 2.05) is 25.2 Å². The Balaban J connectivity index is 2.03. The van der Waals surface area contributed by atoms with Crippen LogP contribution in [0.1, 0.15) is 20.3 Å². The standard InChI is InChI=1S/C15H21F2N3O/c1-10(2)20(3)12-6-4-5-11(7-12)19-14(21)13-8-15(16,17)9-18-13/h4-7,10,13,18H,8-9H2,1-3H3,(H,19,21). The molecule has 116 valence electrons. The molecule has 4 nitrogen and oxygen atoms in total. The SMILES string of the molecule is CC(C)N(C)c1cccc(NC(=O)C2CC(F)(F)CN2)c1. The van der Waals surface area contributed by atoms with Crippen LogP contribution in [0.5, 0.6) is 0 Å². The van der Waals surface area contributed by atoms with E-state index in [4.69, 9.17) is 0 Å². The van der Waals surface area contributed by atoms with E-state index in [1.165, 1.54) is 0 Å². The zero-order valence-electron chi connectivity index (χ0n) is 12.5. The fourth-order valence-corrected chi connectivity index (χ4v) is 2.23. The molecule has 0 saturated carbocycles. The quantitative estimate of drug-likeness (QED) is 0.897. The summed E-state index contributed by atoms with van der Waals surface area (Å²) in [5.74, 6) is -3.22. The van der Waals surface area contributed by atoms with E-state index in [-0.39, 0.29) is 0 Å². The number of carbonyl (C=O) groups is 1. The minimum Gasteiger partial charge on any atom is -0.372 e. The number of hydrogen-bond donors (Lipinski definition) is 2. The smallest absolute Gasteiger partial charge is 0.262 e. The number of amides is 1. The molecule has 1 aliphatic rings. The molecule has 1 aliphatic heterocycles. The Hall–Kier alpha value is -1.69. The van der Waals surface area contributed by atoms with Crippen molar-refractivity contribution >= 4 is 17.3 Å². The molecular formula is C15H21F2N3O. The number of alkyl halides is 2. The molecule has 1 amide bonds. The number of benzene rings is 1. The molecule has 2 N–H and O–H groups in total. The summed E-state index contributed by atoms with van der Waals surface area (Å²) in [5.41, 5.74) is 1.58. The molecule has 1 saturated heterocycles. The van der Waals surface area contributed by atoms with E-state index < -0.39 is 30.8 Å². The number of carbonyl (C=O) groups excluding carboxylic acids is 1. The number of anilines is 2. The maximum Gasteiger partial charge on any atom is 0.262 e. The molecule has 0 aromatic heterocycles. The van der Waals surface area contributed by atoms with Gasteiger partial charge in [0.25, 0.3) is 5.92 Å². The lowest BCUT2D eigenvalue weighted by Crippen LogP contribution is -2.35. The fraction of sp³-hybridized carbons (Fsp3) is 0.533. The van der Waals surface area contributed by atoms with Gasteiger partial charge in [-0.3, -0.25) is 10.1 Å². The second kappa shape index (κ2) is 5.97. The lowest BCUT2D eigenvalue weighted by Gasteiger charge is -2.24. The summed E-state index contributed by atoms with van der Waals surface area (Å²) in [6.07, 6.45) is -0.454. The maximum absolute atomic E-state index is 13.1. The van der Waals surface area contributed by atoms with Gasteiger partial charge in [-0.15, -0.1) is 0 Å². The van der Waals surface area contributed by atoms with Crippen LogP contribution < -0.4 is 15.5 Å². The van der Waals surface area contributed by atoms with E-state index in [0.29, 0.717) is 11.7 Å². The highest BCUT2D eigenvalue weighted by Crippen LogP contribution is 2.26. The van der Waals surface area contributed by atoms with Crippen LogP contribution in [0.2, 0.25) is 0 Å². The van der Waals surface area contributed by atoms with E-state index in [1.54, 1.807) is 6.07 Å². The van der Waals surface area contributed by atoms with Crippen LogP contribution in [-0.2, 0) is 4.79 Å². The zero-order valence-corrected chi connectivity index (χ0v) is 12.5. The van der Waals surface area contributed by atoms with Crippen molar-refractivity contribution in [1.29, 1.82) is 0 Å². The molecule has 1 atom stereocenters. The molecule has 0 spiro atoms. The molecule has 1 aromatic carbocycles. The van der Waals surface area contributed by atoms with E-state index in [2.05, 4.69) is 29.4 Å². The van der Waals surface area contributed by atoms with Crippen molar-refractivity contribution in [2.75, 3.05) is 23.8 Å². The van der Waals surface area contributed by atoms with Gasteiger partial charge in [0.1, 0.15) is 0 Å². The van der Waals surface area contributed by atoms with Crippen molar-refractivity contribution in [2.24, 2.45) is 0 Å². The molecule has 2 rings (SSSR count). The highest BCUT2D eigenvalue weighted by atomic mass is 19.3. The number of nitrogens with zero attached hydrogens (tertiary/aromatic N) is 1. The first-order chi connectivity index (χ1) is 9.78. The maximum atomic E-state index is 13.1. The summed E-state index contributed by atoms with van der Waals surface area (Å²) in [7, 11) is 1.96. The second-order valence-electron chi connectivity index (χ2n) is 5.74. The lowest BCUT2D eigenvalue weighted by molar-refractivity contribution is -0.118. The van der Waals surface area contributed by atoms with Crippen molar-refractivity contribution in [2.45, 2.75) is 38.3 Å². The van der Waals surface area contributed by atoms with Gasteiger partial charge in [-0.1, -0.05) is 6.07 Å². The van der Waals surface area contributed by atoms with Gasteiger partial charge in [0.05, 0.1) is 12.6 Å². The van der Waals surface area contributed by atoms with Crippen LogP contribution in [0.4, 0.5) is 20.2 Å². The topological polar surface area (TPSA) is 44.4 Å². The molecule has 1 fully saturated rings. The molecular weight excluding hydrogens is 276 g/mol. The molecule has 0 aliphatic carbocycles. The average molecular weight is 297 g/mol. The first-order valence-electron chi connectivity index (χ1n) is 7.03. The normalized spacial score (nSPS) is 20.6. The lowest BCUT2D eigenvalue weighted by atomic mass is 10.1. The van der Waals surface area contributed by atoms with Crippen LogP contribution in [0.15, 0.2) is 24.3 Å². The number of nitrogens with one attached hydrogen (secondary N) is 2. The molecule has 0 radical (unpaired) electrons. The van der Waals surface area contributed by atoms with Crippen LogP contribution in [0, 0.1) is 0 Å². The van der Waals surface area contributed by atoms with Crippen molar-refractivity contribution in [3.63, 3.8) is 0 Å². The Kier molecular flexibility index (Phi) is 4.46. The summed E-state index contributed by atoms with van der Waals surface area (Å²) < 4.78 is 26.2. The first kappa shape index (κ1) is 15.7.